The first-order chi connectivity index (χ1) is 9.74. The van der Waals surface area contributed by atoms with E-state index in [0.717, 1.165) is 53.8 Å². The molecule has 4 heteroatoms. The highest BCUT2D eigenvalue weighted by Crippen LogP contribution is 2.25. The van der Waals surface area contributed by atoms with Gasteiger partial charge in [0.15, 0.2) is 0 Å². The first-order valence-corrected chi connectivity index (χ1v) is 7.54. The molecule has 0 bridgehead atoms. The quantitative estimate of drug-likeness (QED) is 0.909. The second-order valence-electron chi connectivity index (χ2n) is 5.53. The number of aromatic nitrogens is 1. The largest absolute Gasteiger partial charge is 0.393 e. The van der Waals surface area contributed by atoms with Crippen LogP contribution in [0.25, 0.3) is 10.9 Å². The number of nitrogens with one attached hydrogen (secondary N) is 1. The van der Waals surface area contributed by atoms with Crippen LogP contribution in [-0.2, 0) is 6.54 Å². The van der Waals surface area contributed by atoms with Gasteiger partial charge in [-0.15, -0.1) is 0 Å². The van der Waals surface area contributed by atoms with Gasteiger partial charge in [0, 0.05) is 29.7 Å². The van der Waals surface area contributed by atoms with Gasteiger partial charge < -0.3 is 10.4 Å². The van der Waals surface area contributed by atoms with E-state index in [0.29, 0.717) is 5.92 Å². The predicted molar refractivity (Wildman–Crippen MR) is 81.8 cm³/mol. The van der Waals surface area contributed by atoms with Crippen molar-refractivity contribution in [2.24, 2.45) is 5.92 Å². The number of aliphatic hydroxyl groups excluding tert-OH is 1. The standard InChI is InChI=1S/C16H19ClN2O/c17-14-7-11-4-2-6-19-16(11)13(8-14)10-18-9-12-3-1-5-15(12)20/h2,4,6-8,12,15,18,20H,1,3,5,9-10H2/t12-,15-/m1/s1. The van der Waals surface area contributed by atoms with Crippen LogP contribution >= 0.6 is 11.6 Å². The SMILES string of the molecule is O[C@@H]1CCC[C@@H]1CNCc1cc(Cl)cc2cccnc12. The fourth-order valence-corrected chi connectivity index (χ4v) is 3.26. The number of pyridine rings is 1. The van der Waals surface area contributed by atoms with Crippen LogP contribution in [0.4, 0.5) is 0 Å². The molecule has 106 valence electrons. The fourth-order valence-electron chi connectivity index (χ4n) is 3.01. The van der Waals surface area contributed by atoms with Gasteiger partial charge in [-0.05, 0) is 42.5 Å². The molecule has 1 aliphatic rings. The van der Waals surface area contributed by atoms with Gasteiger partial charge >= 0.3 is 0 Å². The smallest absolute Gasteiger partial charge is 0.0747 e. The average molecular weight is 291 g/mol. The molecule has 2 atom stereocenters. The van der Waals surface area contributed by atoms with Crippen LogP contribution in [-0.4, -0.2) is 22.7 Å². The molecule has 20 heavy (non-hydrogen) atoms. The maximum atomic E-state index is 9.83. The highest BCUT2D eigenvalue weighted by Gasteiger charge is 2.24. The van der Waals surface area contributed by atoms with Gasteiger partial charge in [0.25, 0.3) is 0 Å². The molecule has 0 amide bonds. The molecule has 1 aromatic carbocycles. The molecule has 0 saturated heterocycles. The summed E-state index contributed by atoms with van der Waals surface area (Å²) in [6.45, 7) is 1.58. The summed E-state index contributed by atoms with van der Waals surface area (Å²) in [5.41, 5.74) is 2.11. The van der Waals surface area contributed by atoms with Gasteiger partial charge in [-0.2, -0.15) is 0 Å². The Morgan fingerprint density at radius 3 is 3.05 bits per heavy atom. The third-order valence-electron chi connectivity index (χ3n) is 4.09. The van der Waals surface area contributed by atoms with Crippen LogP contribution in [0.2, 0.25) is 5.02 Å². The minimum absolute atomic E-state index is 0.142. The third-order valence-corrected chi connectivity index (χ3v) is 4.31. The number of nitrogens with zero attached hydrogens (tertiary/aromatic N) is 1. The summed E-state index contributed by atoms with van der Waals surface area (Å²) in [6, 6.07) is 7.85. The maximum Gasteiger partial charge on any atom is 0.0747 e. The fraction of sp³-hybridized carbons (Fsp3) is 0.438. The minimum atomic E-state index is -0.142. The Bertz CT molecular complexity index is 602. The summed E-state index contributed by atoms with van der Waals surface area (Å²) in [5, 5.41) is 15.1. The number of halogens is 1. The molecule has 0 aliphatic heterocycles. The lowest BCUT2D eigenvalue weighted by molar-refractivity contribution is 0.131. The van der Waals surface area contributed by atoms with E-state index in [1.54, 1.807) is 6.20 Å². The zero-order valence-corrected chi connectivity index (χ0v) is 12.1. The zero-order chi connectivity index (χ0) is 13.9. The molecule has 0 unspecified atom stereocenters. The summed E-state index contributed by atoms with van der Waals surface area (Å²) < 4.78 is 0. The molecule has 1 saturated carbocycles. The van der Waals surface area contributed by atoms with Crippen molar-refractivity contribution in [1.82, 2.24) is 10.3 Å². The summed E-state index contributed by atoms with van der Waals surface area (Å²) in [6.07, 6.45) is 4.85. The van der Waals surface area contributed by atoms with Crippen molar-refractivity contribution in [2.45, 2.75) is 31.9 Å². The van der Waals surface area contributed by atoms with Crippen LogP contribution in [0.5, 0.6) is 0 Å². The number of aliphatic hydroxyl groups is 1. The van der Waals surface area contributed by atoms with Crippen LogP contribution in [0.1, 0.15) is 24.8 Å². The van der Waals surface area contributed by atoms with Crippen molar-refractivity contribution in [3.05, 3.63) is 41.0 Å². The second-order valence-corrected chi connectivity index (χ2v) is 5.97. The van der Waals surface area contributed by atoms with E-state index >= 15 is 0 Å². The molecule has 3 rings (SSSR count). The van der Waals surface area contributed by atoms with Gasteiger partial charge in [-0.25, -0.2) is 0 Å². The van der Waals surface area contributed by atoms with Crippen LogP contribution in [0.15, 0.2) is 30.5 Å². The molecule has 2 aromatic rings. The molecule has 2 N–H and O–H groups in total. The van der Waals surface area contributed by atoms with Crippen molar-refractivity contribution < 1.29 is 5.11 Å². The van der Waals surface area contributed by atoms with Crippen LogP contribution in [0, 0.1) is 5.92 Å². The Morgan fingerprint density at radius 2 is 2.25 bits per heavy atom. The Kier molecular flexibility index (Phi) is 4.20. The number of hydrogen-bond donors (Lipinski definition) is 2. The van der Waals surface area contributed by atoms with E-state index in [4.69, 9.17) is 11.6 Å². The molecule has 1 aliphatic carbocycles. The zero-order valence-electron chi connectivity index (χ0n) is 11.3. The topological polar surface area (TPSA) is 45.1 Å². The molecule has 0 radical (unpaired) electrons. The van der Waals surface area contributed by atoms with E-state index in [2.05, 4.69) is 10.3 Å². The van der Waals surface area contributed by atoms with Gasteiger partial charge in [-0.3, -0.25) is 4.98 Å². The van der Waals surface area contributed by atoms with Crippen molar-refractivity contribution in [2.75, 3.05) is 6.54 Å². The Morgan fingerprint density at radius 1 is 1.35 bits per heavy atom. The van der Waals surface area contributed by atoms with Gasteiger partial charge in [-0.1, -0.05) is 24.1 Å². The maximum absolute atomic E-state index is 9.83. The number of fused-ring (bicyclic) bond motifs is 1. The average Bonchev–Trinajstić information content (AvgIpc) is 2.84. The monoisotopic (exact) mass is 290 g/mol. The third kappa shape index (κ3) is 2.95. The van der Waals surface area contributed by atoms with Gasteiger partial charge in [0.1, 0.15) is 0 Å². The second kappa shape index (κ2) is 6.08. The van der Waals surface area contributed by atoms with Crippen molar-refractivity contribution >= 4 is 22.5 Å². The van der Waals surface area contributed by atoms with Crippen LogP contribution < -0.4 is 5.32 Å². The predicted octanol–water partition coefficient (Wildman–Crippen LogP) is 3.14. The summed E-state index contributed by atoms with van der Waals surface area (Å²) in [5.74, 6) is 0.383. The van der Waals surface area contributed by atoms with E-state index in [9.17, 15) is 5.11 Å². The van der Waals surface area contributed by atoms with E-state index in [1.165, 1.54) is 0 Å². The molecule has 3 nitrogen and oxygen atoms in total. The lowest BCUT2D eigenvalue weighted by Crippen LogP contribution is -2.27. The highest BCUT2D eigenvalue weighted by molar-refractivity contribution is 6.31. The van der Waals surface area contributed by atoms with Crippen LogP contribution in [0.3, 0.4) is 0 Å². The number of hydrogen-bond acceptors (Lipinski definition) is 3. The van der Waals surface area contributed by atoms with E-state index in [-0.39, 0.29) is 6.10 Å². The lowest BCUT2D eigenvalue weighted by atomic mass is 10.1. The van der Waals surface area contributed by atoms with Crippen molar-refractivity contribution in [3.63, 3.8) is 0 Å². The number of benzene rings is 1. The lowest BCUT2D eigenvalue weighted by Gasteiger charge is -2.15. The molecular weight excluding hydrogens is 272 g/mol. The van der Waals surface area contributed by atoms with E-state index in [1.807, 2.05) is 24.3 Å². The van der Waals surface area contributed by atoms with Gasteiger partial charge in [0.2, 0.25) is 0 Å². The van der Waals surface area contributed by atoms with Crippen molar-refractivity contribution in [3.8, 4) is 0 Å². The Hall–Kier alpha value is -1.16. The summed E-state index contributed by atoms with van der Waals surface area (Å²) >= 11 is 6.16. The summed E-state index contributed by atoms with van der Waals surface area (Å²) in [7, 11) is 0. The molecular formula is C16H19ClN2O. The minimum Gasteiger partial charge on any atom is -0.393 e. The Labute approximate surface area is 124 Å². The molecule has 1 fully saturated rings. The van der Waals surface area contributed by atoms with Gasteiger partial charge in [0.05, 0.1) is 11.6 Å². The highest BCUT2D eigenvalue weighted by atomic mass is 35.5. The summed E-state index contributed by atoms with van der Waals surface area (Å²) in [4.78, 5) is 4.44. The Balaban J connectivity index is 1.71. The molecule has 0 spiro atoms. The number of rotatable bonds is 4. The normalized spacial score (nSPS) is 22.5. The first kappa shape index (κ1) is 13.8. The first-order valence-electron chi connectivity index (χ1n) is 7.16. The molecule has 1 aromatic heterocycles. The van der Waals surface area contributed by atoms with E-state index < -0.39 is 0 Å². The van der Waals surface area contributed by atoms with Crippen molar-refractivity contribution in [1.29, 1.82) is 0 Å². The molecule has 1 heterocycles.